The van der Waals surface area contributed by atoms with Crippen LogP contribution in [0.3, 0.4) is 0 Å². The van der Waals surface area contributed by atoms with Gasteiger partial charge in [-0.1, -0.05) is 0 Å². The first-order valence-corrected chi connectivity index (χ1v) is 11.2. The Hall–Kier alpha value is -3.17. The third kappa shape index (κ3) is 10.2. The second-order valence-electron chi connectivity index (χ2n) is 7.55. The van der Waals surface area contributed by atoms with Gasteiger partial charge in [-0.05, 0) is 25.8 Å². The van der Waals surface area contributed by atoms with E-state index in [0.29, 0.717) is 25.1 Å². The molecule has 4 amide bonds. The number of thiol groups is 1. The second-order valence-corrected chi connectivity index (χ2v) is 7.91. The van der Waals surface area contributed by atoms with E-state index < -0.39 is 60.2 Å². The van der Waals surface area contributed by atoms with E-state index in [9.17, 15) is 29.1 Å². The molecule has 190 valence electrons. The molecule has 4 unspecified atom stereocenters. The van der Waals surface area contributed by atoms with Gasteiger partial charge in [-0.2, -0.15) is 12.6 Å². The molecule has 0 aliphatic heterocycles. The van der Waals surface area contributed by atoms with Gasteiger partial charge >= 0.3 is 5.97 Å². The lowest BCUT2D eigenvalue weighted by molar-refractivity contribution is -0.142. The molecule has 0 spiro atoms. The van der Waals surface area contributed by atoms with Crippen molar-refractivity contribution in [1.82, 2.24) is 25.9 Å². The summed E-state index contributed by atoms with van der Waals surface area (Å²) in [6.07, 6.45) is 3.63. The summed E-state index contributed by atoms with van der Waals surface area (Å²) >= 11 is 4.07. The monoisotopic (exact) mass is 500 g/mol. The topological polar surface area (TPSA) is 248 Å². The Balaban J connectivity index is 2.89. The molecule has 1 aromatic heterocycles. The SMILES string of the molecule is NCCCCC(NC(=O)C(CS)NC(=O)C(Cc1cnc[nH]1)NC(=O)C(N)CC(N)=O)C(=O)O. The summed E-state index contributed by atoms with van der Waals surface area (Å²) in [5.41, 5.74) is 16.6. The predicted octanol–water partition coefficient (Wildman–Crippen LogP) is -3.25. The molecule has 0 radical (unpaired) electrons. The molecule has 11 N–H and O–H groups in total. The van der Waals surface area contributed by atoms with Crippen molar-refractivity contribution in [2.24, 2.45) is 17.2 Å². The molecule has 4 atom stereocenters. The van der Waals surface area contributed by atoms with Crippen LogP contribution in [0, 0.1) is 0 Å². The van der Waals surface area contributed by atoms with Crippen molar-refractivity contribution in [1.29, 1.82) is 0 Å². The van der Waals surface area contributed by atoms with Crippen molar-refractivity contribution < 1.29 is 29.1 Å². The molecule has 1 aromatic rings. The van der Waals surface area contributed by atoms with Crippen LogP contribution in [0.4, 0.5) is 0 Å². The number of aromatic nitrogens is 2. The number of nitrogens with two attached hydrogens (primary N) is 3. The minimum absolute atomic E-state index is 0.0292. The molecule has 0 saturated carbocycles. The number of amides is 4. The fourth-order valence-corrected chi connectivity index (χ4v) is 3.16. The van der Waals surface area contributed by atoms with Gasteiger partial charge in [-0.3, -0.25) is 19.2 Å². The summed E-state index contributed by atoms with van der Waals surface area (Å²) in [6, 6.07) is -4.82. The van der Waals surface area contributed by atoms with E-state index in [4.69, 9.17) is 17.2 Å². The number of unbranched alkanes of at least 4 members (excludes halogenated alkanes) is 1. The zero-order valence-corrected chi connectivity index (χ0v) is 19.4. The first-order chi connectivity index (χ1) is 16.1. The lowest BCUT2D eigenvalue weighted by Gasteiger charge is -2.24. The molecule has 0 aliphatic rings. The second kappa shape index (κ2) is 14.9. The number of rotatable bonds is 16. The molecule has 0 saturated heterocycles. The lowest BCUT2D eigenvalue weighted by atomic mass is 10.1. The van der Waals surface area contributed by atoms with Crippen LogP contribution in [-0.4, -0.2) is 81.1 Å². The fraction of sp³-hybridized carbons (Fsp3) is 0.579. The van der Waals surface area contributed by atoms with E-state index >= 15 is 0 Å². The Morgan fingerprint density at radius 3 is 2.18 bits per heavy atom. The van der Waals surface area contributed by atoms with Gasteiger partial charge in [0.1, 0.15) is 18.1 Å². The van der Waals surface area contributed by atoms with Gasteiger partial charge in [0.15, 0.2) is 0 Å². The minimum atomic E-state index is -1.27. The molecule has 14 nitrogen and oxygen atoms in total. The number of H-pyrrole nitrogens is 1. The molecule has 1 heterocycles. The van der Waals surface area contributed by atoms with Crippen LogP contribution < -0.4 is 33.2 Å². The van der Waals surface area contributed by atoms with E-state index in [2.05, 4.69) is 38.5 Å². The number of aromatic amines is 1. The number of imidazole rings is 1. The predicted molar refractivity (Wildman–Crippen MR) is 124 cm³/mol. The average molecular weight is 501 g/mol. The third-order valence-electron chi connectivity index (χ3n) is 4.75. The van der Waals surface area contributed by atoms with Crippen molar-refractivity contribution >= 4 is 42.2 Å². The number of primary amides is 1. The van der Waals surface area contributed by atoms with E-state index in [1.807, 2.05) is 0 Å². The molecule has 34 heavy (non-hydrogen) atoms. The van der Waals surface area contributed by atoms with Gasteiger partial charge in [0.2, 0.25) is 23.6 Å². The number of hydrogen-bond donors (Lipinski definition) is 9. The molecule has 0 bridgehead atoms. The number of nitrogens with zero attached hydrogens (tertiary/aromatic N) is 1. The van der Waals surface area contributed by atoms with Crippen LogP contribution >= 0.6 is 12.6 Å². The minimum Gasteiger partial charge on any atom is -0.480 e. The van der Waals surface area contributed by atoms with E-state index in [0.717, 1.165) is 0 Å². The number of aliphatic carboxylic acids is 1. The average Bonchev–Trinajstić information content (AvgIpc) is 3.28. The highest BCUT2D eigenvalue weighted by atomic mass is 32.1. The Morgan fingerprint density at radius 2 is 1.65 bits per heavy atom. The van der Waals surface area contributed by atoms with Crippen molar-refractivity contribution in [3.8, 4) is 0 Å². The first kappa shape index (κ1) is 28.9. The zero-order chi connectivity index (χ0) is 25.7. The highest BCUT2D eigenvalue weighted by Crippen LogP contribution is 2.04. The summed E-state index contributed by atoms with van der Waals surface area (Å²) in [7, 11) is 0. The first-order valence-electron chi connectivity index (χ1n) is 10.5. The Labute approximate surface area is 201 Å². The molecule has 0 fully saturated rings. The third-order valence-corrected chi connectivity index (χ3v) is 5.11. The summed E-state index contributed by atoms with van der Waals surface area (Å²) in [5, 5.41) is 16.6. The molecule has 15 heteroatoms. The molecular formula is C19H32N8O6S. The highest BCUT2D eigenvalue weighted by molar-refractivity contribution is 7.80. The van der Waals surface area contributed by atoms with Crippen molar-refractivity contribution in [3.63, 3.8) is 0 Å². The number of hydrogen-bond acceptors (Lipinski definition) is 9. The number of nitrogens with one attached hydrogen (secondary N) is 4. The number of carbonyl (C=O) groups is 5. The number of carboxylic acids is 1. The molecule has 0 aliphatic carbocycles. The maximum Gasteiger partial charge on any atom is 0.326 e. The van der Waals surface area contributed by atoms with E-state index in [-0.39, 0.29) is 18.6 Å². The van der Waals surface area contributed by atoms with E-state index in [1.165, 1.54) is 12.5 Å². The maximum atomic E-state index is 12.9. The number of carbonyl (C=O) groups excluding carboxylic acids is 4. The van der Waals surface area contributed by atoms with Crippen LogP contribution in [0.5, 0.6) is 0 Å². The molecule has 0 aromatic carbocycles. The number of carboxylic acid groups (broad SMARTS) is 1. The summed E-state index contributed by atoms with van der Waals surface area (Å²) in [5.74, 6) is -4.44. The molecular weight excluding hydrogens is 468 g/mol. The van der Waals surface area contributed by atoms with Crippen LogP contribution in [-0.2, 0) is 30.4 Å². The smallest absolute Gasteiger partial charge is 0.326 e. The maximum absolute atomic E-state index is 12.9. The highest BCUT2D eigenvalue weighted by Gasteiger charge is 2.30. The van der Waals surface area contributed by atoms with Crippen LogP contribution in [0.25, 0.3) is 0 Å². The standard InChI is InChI=1S/C19H32N8O6S/c20-4-2-1-3-12(19(32)33)25-18(31)14(8-34)27-17(30)13(5-10-7-23-9-24-10)26-16(29)11(21)6-15(22)28/h7,9,11-14,34H,1-6,8,20-21H2,(H2,22,28)(H,23,24)(H,25,31)(H,26,29)(H,27,30)(H,32,33). The normalized spacial score (nSPS) is 14.3. The summed E-state index contributed by atoms with van der Waals surface area (Å²) < 4.78 is 0. The van der Waals surface area contributed by atoms with Gasteiger partial charge in [0.25, 0.3) is 0 Å². The van der Waals surface area contributed by atoms with Crippen LogP contribution in [0.2, 0.25) is 0 Å². The summed E-state index contributed by atoms with van der Waals surface area (Å²) in [4.78, 5) is 67.0. The van der Waals surface area contributed by atoms with Crippen molar-refractivity contribution in [3.05, 3.63) is 18.2 Å². The lowest BCUT2D eigenvalue weighted by Crippen LogP contribution is -2.58. The summed E-state index contributed by atoms with van der Waals surface area (Å²) in [6.45, 7) is 0.391. The Kier molecular flexibility index (Phi) is 12.6. The van der Waals surface area contributed by atoms with Crippen LogP contribution in [0.15, 0.2) is 12.5 Å². The Bertz CT molecular complexity index is 837. The molecule has 1 rings (SSSR count). The van der Waals surface area contributed by atoms with Crippen molar-refractivity contribution in [2.45, 2.75) is 56.3 Å². The van der Waals surface area contributed by atoms with Gasteiger partial charge in [-0.25, -0.2) is 9.78 Å². The fourth-order valence-electron chi connectivity index (χ4n) is 2.90. The largest absolute Gasteiger partial charge is 0.480 e. The van der Waals surface area contributed by atoms with Crippen molar-refractivity contribution in [2.75, 3.05) is 12.3 Å². The Morgan fingerprint density at radius 1 is 1.03 bits per heavy atom. The van der Waals surface area contributed by atoms with Gasteiger partial charge in [0, 0.05) is 24.1 Å². The van der Waals surface area contributed by atoms with Gasteiger partial charge in [-0.15, -0.1) is 0 Å². The van der Waals surface area contributed by atoms with Gasteiger partial charge in [0.05, 0.1) is 18.8 Å². The zero-order valence-electron chi connectivity index (χ0n) is 18.5. The van der Waals surface area contributed by atoms with Crippen LogP contribution in [0.1, 0.15) is 31.4 Å². The quantitative estimate of drug-likeness (QED) is 0.0815. The van der Waals surface area contributed by atoms with Gasteiger partial charge < -0.3 is 43.2 Å². The van der Waals surface area contributed by atoms with E-state index in [1.54, 1.807) is 0 Å².